The number of nitrogens with zero attached hydrogens (tertiary/aromatic N) is 1. The lowest BCUT2D eigenvalue weighted by atomic mass is 10.4. The Morgan fingerprint density at radius 3 is 2.53 bits per heavy atom. The molecule has 108 valence electrons. The molecule has 0 aromatic carbocycles. The summed E-state index contributed by atoms with van der Waals surface area (Å²) in [7, 11) is -3.65. The molecule has 0 aliphatic heterocycles. The average molecular weight is 370 g/mol. The molecule has 1 heterocycles. The van der Waals surface area contributed by atoms with Gasteiger partial charge in [0.25, 0.3) is 10.0 Å². The molecule has 19 heavy (non-hydrogen) atoms. The summed E-state index contributed by atoms with van der Waals surface area (Å²) in [5.74, 6) is -0.541. The summed E-state index contributed by atoms with van der Waals surface area (Å²) in [4.78, 5) is 11.4. The molecule has 0 N–H and O–H groups in total. The average Bonchev–Trinajstić information content (AvgIpc) is 2.67. The van der Waals surface area contributed by atoms with Crippen LogP contribution in [0.5, 0.6) is 0 Å². The molecule has 0 aliphatic carbocycles. The zero-order chi connectivity index (χ0) is 14.6. The minimum absolute atomic E-state index is 0.218. The van der Waals surface area contributed by atoms with Crippen LogP contribution >= 0.6 is 27.3 Å². The Bertz CT molecular complexity index is 534. The first-order valence-electron chi connectivity index (χ1n) is 5.74. The largest absolute Gasteiger partial charge is 0.465 e. The summed E-state index contributed by atoms with van der Waals surface area (Å²) in [6, 6.07) is 1.60. The van der Waals surface area contributed by atoms with Crippen LogP contribution in [-0.4, -0.2) is 38.4 Å². The van der Waals surface area contributed by atoms with E-state index in [0.29, 0.717) is 0 Å². The van der Waals surface area contributed by atoms with E-state index in [4.69, 9.17) is 4.74 Å². The number of carbonyl (C=O) groups is 1. The summed E-state index contributed by atoms with van der Waals surface area (Å²) in [6.07, 6.45) is 0. The summed E-state index contributed by atoms with van der Waals surface area (Å²) >= 11 is 4.44. The van der Waals surface area contributed by atoms with Crippen LogP contribution in [0.3, 0.4) is 0 Å². The quantitative estimate of drug-likeness (QED) is 0.722. The van der Waals surface area contributed by atoms with Crippen LogP contribution in [0.25, 0.3) is 0 Å². The number of sulfonamides is 1. The SMILES string of the molecule is CCOC(=O)CN(CC)S(=O)(=O)c1cc(C)c(Br)s1. The van der Waals surface area contributed by atoms with Crippen molar-refractivity contribution >= 4 is 43.3 Å². The highest BCUT2D eigenvalue weighted by molar-refractivity contribution is 9.11. The summed E-state index contributed by atoms with van der Waals surface area (Å²) in [5, 5.41) is 0. The molecule has 1 aromatic rings. The van der Waals surface area contributed by atoms with Crippen molar-refractivity contribution in [3.05, 3.63) is 15.4 Å². The van der Waals surface area contributed by atoms with E-state index in [2.05, 4.69) is 15.9 Å². The van der Waals surface area contributed by atoms with Crippen molar-refractivity contribution in [2.24, 2.45) is 0 Å². The van der Waals surface area contributed by atoms with Crippen LogP contribution in [0.4, 0.5) is 0 Å². The van der Waals surface area contributed by atoms with Crippen LogP contribution < -0.4 is 0 Å². The van der Waals surface area contributed by atoms with E-state index in [0.717, 1.165) is 25.0 Å². The second-order valence-corrected chi connectivity index (χ2v) is 8.29. The molecule has 0 unspecified atom stereocenters. The number of carbonyl (C=O) groups excluding carboxylic acids is 1. The van der Waals surface area contributed by atoms with Crippen molar-refractivity contribution in [2.75, 3.05) is 19.7 Å². The molecule has 1 rings (SSSR count). The molecule has 0 amide bonds. The van der Waals surface area contributed by atoms with Gasteiger partial charge in [-0.2, -0.15) is 4.31 Å². The van der Waals surface area contributed by atoms with Crippen molar-refractivity contribution in [3.63, 3.8) is 0 Å². The number of halogens is 1. The van der Waals surface area contributed by atoms with Crippen LogP contribution in [-0.2, 0) is 19.6 Å². The van der Waals surface area contributed by atoms with Gasteiger partial charge in [-0.15, -0.1) is 11.3 Å². The predicted octanol–water partition coefficient (Wildman–Crippen LogP) is 2.39. The Morgan fingerprint density at radius 1 is 1.47 bits per heavy atom. The van der Waals surface area contributed by atoms with Gasteiger partial charge < -0.3 is 4.74 Å². The maximum absolute atomic E-state index is 12.4. The van der Waals surface area contributed by atoms with Gasteiger partial charge in [0.05, 0.1) is 10.4 Å². The molecule has 0 atom stereocenters. The van der Waals surface area contributed by atoms with E-state index in [9.17, 15) is 13.2 Å². The number of rotatable bonds is 6. The molecular formula is C11H16BrNO4S2. The van der Waals surface area contributed by atoms with Gasteiger partial charge in [-0.25, -0.2) is 8.42 Å². The van der Waals surface area contributed by atoms with Gasteiger partial charge in [0.2, 0.25) is 0 Å². The molecule has 0 radical (unpaired) electrons. The molecule has 0 spiro atoms. The summed E-state index contributed by atoms with van der Waals surface area (Å²) in [6.45, 7) is 5.38. The van der Waals surface area contributed by atoms with Crippen molar-refractivity contribution in [1.82, 2.24) is 4.31 Å². The zero-order valence-electron chi connectivity index (χ0n) is 11.0. The number of likely N-dealkylation sites (N-methyl/N-ethyl adjacent to an activating group) is 1. The van der Waals surface area contributed by atoms with Gasteiger partial charge in [0, 0.05) is 6.54 Å². The Kier molecular flexibility index (Phi) is 5.97. The van der Waals surface area contributed by atoms with E-state index in [1.165, 1.54) is 0 Å². The third-order valence-corrected chi connectivity index (χ3v) is 6.90. The number of hydrogen-bond donors (Lipinski definition) is 0. The molecule has 5 nitrogen and oxygen atoms in total. The van der Waals surface area contributed by atoms with Gasteiger partial charge in [-0.3, -0.25) is 4.79 Å². The molecule has 0 saturated heterocycles. The molecule has 0 fully saturated rings. The van der Waals surface area contributed by atoms with E-state index >= 15 is 0 Å². The fraction of sp³-hybridized carbons (Fsp3) is 0.545. The smallest absolute Gasteiger partial charge is 0.321 e. The third kappa shape index (κ3) is 4.01. The Hall–Kier alpha value is -0.440. The highest BCUT2D eigenvalue weighted by Gasteiger charge is 2.27. The summed E-state index contributed by atoms with van der Waals surface area (Å²) in [5.41, 5.74) is 0.857. The number of ether oxygens (including phenoxy) is 1. The first-order valence-corrected chi connectivity index (χ1v) is 8.79. The lowest BCUT2D eigenvalue weighted by Crippen LogP contribution is -2.35. The van der Waals surface area contributed by atoms with Gasteiger partial charge in [-0.05, 0) is 41.4 Å². The lowest BCUT2D eigenvalue weighted by Gasteiger charge is -2.18. The number of aryl methyl sites for hydroxylation is 1. The van der Waals surface area contributed by atoms with Crippen LogP contribution in [0, 0.1) is 6.92 Å². The minimum atomic E-state index is -3.65. The zero-order valence-corrected chi connectivity index (χ0v) is 14.2. The Labute approximate surface area is 125 Å². The molecule has 0 aliphatic rings. The van der Waals surface area contributed by atoms with Crippen molar-refractivity contribution in [2.45, 2.75) is 25.0 Å². The Balaban J connectivity index is 2.99. The number of esters is 1. The second-order valence-electron chi connectivity index (χ2n) is 3.76. The maximum atomic E-state index is 12.4. The number of thiophene rings is 1. The van der Waals surface area contributed by atoms with E-state index in [1.54, 1.807) is 19.9 Å². The number of hydrogen-bond acceptors (Lipinski definition) is 5. The maximum Gasteiger partial charge on any atom is 0.321 e. The molecule has 0 saturated carbocycles. The van der Waals surface area contributed by atoms with Gasteiger partial charge in [0.15, 0.2) is 0 Å². The first kappa shape index (κ1) is 16.6. The summed E-state index contributed by atoms with van der Waals surface area (Å²) < 4.78 is 31.7. The second kappa shape index (κ2) is 6.83. The van der Waals surface area contributed by atoms with Crippen molar-refractivity contribution in [1.29, 1.82) is 0 Å². The highest BCUT2D eigenvalue weighted by atomic mass is 79.9. The van der Waals surface area contributed by atoms with E-state index < -0.39 is 16.0 Å². The molecule has 1 aromatic heterocycles. The standard InChI is InChI=1S/C11H16BrNO4S2/c1-4-13(7-9(14)17-5-2)19(15,16)10-6-8(3)11(12)18-10/h6H,4-5,7H2,1-3H3. The third-order valence-electron chi connectivity index (χ3n) is 2.39. The molecular weight excluding hydrogens is 354 g/mol. The van der Waals surface area contributed by atoms with Crippen molar-refractivity contribution in [3.8, 4) is 0 Å². The van der Waals surface area contributed by atoms with E-state index in [-0.39, 0.29) is 23.9 Å². The predicted molar refractivity (Wildman–Crippen MR) is 77.8 cm³/mol. The van der Waals surface area contributed by atoms with Crippen molar-refractivity contribution < 1.29 is 17.9 Å². The molecule has 8 heteroatoms. The topological polar surface area (TPSA) is 63.7 Å². The van der Waals surface area contributed by atoms with Gasteiger partial charge >= 0.3 is 5.97 Å². The fourth-order valence-corrected chi connectivity index (χ4v) is 5.18. The lowest BCUT2D eigenvalue weighted by molar-refractivity contribution is -0.143. The highest BCUT2D eigenvalue weighted by Crippen LogP contribution is 2.32. The molecule has 0 bridgehead atoms. The Morgan fingerprint density at radius 2 is 2.11 bits per heavy atom. The van der Waals surface area contributed by atoms with Crippen LogP contribution in [0.15, 0.2) is 14.1 Å². The van der Waals surface area contributed by atoms with E-state index in [1.807, 2.05) is 6.92 Å². The fourth-order valence-electron chi connectivity index (χ4n) is 1.40. The van der Waals surface area contributed by atoms with Gasteiger partial charge in [0.1, 0.15) is 10.8 Å². The minimum Gasteiger partial charge on any atom is -0.465 e. The monoisotopic (exact) mass is 369 g/mol. The van der Waals surface area contributed by atoms with Crippen LogP contribution in [0.1, 0.15) is 19.4 Å². The first-order chi connectivity index (χ1) is 8.82. The normalized spacial score (nSPS) is 11.8. The van der Waals surface area contributed by atoms with Gasteiger partial charge in [-0.1, -0.05) is 6.92 Å². The van der Waals surface area contributed by atoms with Crippen LogP contribution in [0.2, 0.25) is 0 Å².